The number of benzene rings is 2. The van der Waals surface area contributed by atoms with Crippen LogP contribution in [-0.2, 0) is 0 Å². The van der Waals surface area contributed by atoms with Crippen LogP contribution in [0.15, 0.2) is 47.3 Å². The van der Waals surface area contributed by atoms with E-state index >= 15 is 0 Å². The fourth-order valence-corrected chi connectivity index (χ4v) is 2.83. The van der Waals surface area contributed by atoms with Crippen LogP contribution in [0, 0.1) is 0 Å². The maximum Gasteiger partial charge on any atom is 0.389 e. The third-order valence-electron chi connectivity index (χ3n) is 4.06. The van der Waals surface area contributed by atoms with Gasteiger partial charge in [-0.05, 0) is 43.5 Å². The summed E-state index contributed by atoms with van der Waals surface area (Å²) in [5, 5.41) is 1.15. The Hall–Kier alpha value is -2.50. The Morgan fingerprint density at radius 1 is 0.920 bits per heavy atom. The van der Waals surface area contributed by atoms with Crippen LogP contribution in [0.25, 0.3) is 21.8 Å². The van der Waals surface area contributed by atoms with E-state index in [1.807, 2.05) is 18.2 Å². The van der Waals surface area contributed by atoms with Gasteiger partial charge in [0.2, 0.25) is 0 Å². The minimum Gasteiger partial charge on any atom is -0.491 e. The molecule has 1 N–H and O–H groups in total. The molecule has 0 amide bonds. The molecule has 25 heavy (non-hydrogen) atoms. The summed E-state index contributed by atoms with van der Waals surface area (Å²) in [6, 6.07) is 12.5. The van der Waals surface area contributed by atoms with Gasteiger partial charge in [-0.15, -0.1) is 0 Å². The van der Waals surface area contributed by atoms with E-state index in [1.54, 1.807) is 24.3 Å². The van der Waals surface area contributed by atoms with Gasteiger partial charge in [0, 0.05) is 22.7 Å². The quantitative estimate of drug-likeness (QED) is 0.492. The van der Waals surface area contributed by atoms with Crippen molar-refractivity contribution in [1.29, 1.82) is 0 Å². The first kappa shape index (κ1) is 17.3. The molecule has 0 atom stereocenters. The minimum absolute atomic E-state index is 0.0695. The van der Waals surface area contributed by atoms with E-state index < -0.39 is 12.6 Å². The number of aromatic nitrogens is 1. The molecule has 0 saturated carbocycles. The first-order valence-electron chi connectivity index (χ1n) is 8.19. The van der Waals surface area contributed by atoms with Crippen LogP contribution in [-0.4, -0.2) is 17.8 Å². The molecule has 0 bridgehead atoms. The van der Waals surface area contributed by atoms with Gasteiger partial charge in [-0.25, -0.2) is 0 Å². The first-order valence-corrected chi connectivity index (χ1v) is 8.19. The zero-order valence-corrected chi connectivity index (χ0v) is 13.5. The number of aromatic amines is 1. The molecule has 1 heterocycles. The molecule has 1 aromatic heterocycles. The minimum atomic E-state index is -4.10. The Bertz CT molecular complexity index is 931. The fourth-order valence-electron chi connectivity index (χ4n) is 2.83. The van der Waals surface area contributed by atoms with Gasteiger partial charge >= 0.3 is 6.18 Å². The number of halogens is 3. The van der Waals surface area contributed by atoms with Crippen molar-refractivity contribution < 1.29 is 17.9 Å². The highest BCUT2D eigenvalue weighted by molar-refractivity contribution is 5.95. The maximum absolute atomic E-state index is 12.6. The van der Waals surface area contributed by atoms with Crippen molar-refractivity contribution in [3.8, 4) is 5.75 Å². The Balaban J connectivity index is 1.73. The lowest BCUT2D eigenvalue weighted by molar-refractivity contribution is -0.135. The molecule has 0 fully saturated rings. The topological polar surface area (TPSA) is 42.1 Å². The van der Waals surface area contributed by atoms with Gasteiger partial charge in [0.05, 0.1) is 12.1 Å². The largest absolute Gasteiger partial charge is 0.491 e. The highest BCUT2D eigenvalue weighted by Gasteiger charge is 2.25. The van der Waals surface area contributed by atoms with Gasteiger partial charge in [-0.3, -0.25) is 4.79 Å². The summed E-state index contributed by atoms with van der Waals surface area (Å²) in [4.78, 5) is 15.8. The SMILES string of the molecule is O=c1c2ccccc2[nH]c2c(OCCCCCC(F)(F)F)cccc12. The molecule has 132 valence electrons. The number of ether oxygens (including phenoxy) is 1. The van der Waals surface area contributed by atoms with Gasteiger partial charge in [-0.1, -0.05) is 18.2 Å². The number of para-hydroxylation sites is 2. The molecule has 0 aliphatic rings. The number of fused-ring (bicyclic) bond motifs is 2. The third kappa shape index (κ3) is 4.13. The number of pyridine rings is 1. The Labute approximate surface area is 142 Å². The molecule has 3 aromatic rings. The van der Waals surface area contributed by atoms with Gasteiger partial charge in [0.15, 0.2) is 5.43 Å². The van der Waals surface area contributed by atoms with Crippen molar-refractivity contribution in [1.82, 2.24) is 4.98 Å². The number of alkyl halides is 3. The predicted molar refractivity (Wildman–Crippen MR) is 92.1 cm³/mol. The van der Waals surface area contributed by atoms with Crippen LogP contribution in [0.2, 0.25) is 0 Å². The molecule has 0 aliphatic carbocycles. The molecule has 6 heteroatoms. The van der Waals surface area contributed by atoms with Crippen LogP contribution < -0.4 is 10.2 Å². The van der Waals surface area contributed by atoms with Crippen LogP contribution in [0.5, 0.6) is 5.75 Å². The van der Waals surface area contributed by atoms with Crippen molar-refractivity contribution in [2.45, 2.75) is 31.9 Å². The average Bonchev–Trinajstić information content (AvgIpc) is 2.58. The average molecular weight is 349 g/mol. The van der Waals surface area contributed by atoms with Gasteiger partial charge in [-0.2, -0.15) is 13.2 Å². The van der Waals surface area contributed by atoms with E-state index in [2.05, 4.69) is 4.98 Å². The number of unbranched alkanes of at least 4 members (excludes halogenated alkanes) is 2. The monoisotopic (exact) mass is 349 g/mol. The molecule has 2 aromatic carbocycles. The van der Waals surface area contributed by atoms with Crippen LogP contribution >= 0.6 is 0 Å². The van der Waals surface area contributed by atoms with E-state index in [0.29, 0.717) is 41.5 Å². The summed E-state index contributed by atoms with van der Waals surface area (Å²) in [6.07, 6.45) is -3.78. The molecule has 3 nitrogen and oxygen atoms in total. The molecular weight excluding hydrogens is 331 g/mol. The predicted octanol–water partition coefficient (Wildman–Crippen LogP) is 5.18. The Kier molecular flexibility index (Phi) is 4.97. The first-order chi connectivity index (χ1) is 12.0. The lowest BCUT2D eigenvalue weighted by Gasteiger charge is -2.10. The maximum atomic E-state index is 12.6. The van der Waals surface area contributed by atoms with E-state index in [0.717, 1.165) is 5.52 Å². The van der Waals surface area contributed by atoms with Crippen molar-refractivity contribution in [2.75, 3.05) is 6.61 Å². The highest BCUT2D eigenvalue weighted by Crippen LogP contribution is 2.25. The van der Waals surface area contributed by atoms with Crippen molar-refractivity contribution in [3.63, 3.8) is 0 Å². The molecule has 0 saturated heterocycles. The summed E-state index contributed by atoms with van der Waals surface area (Å²) in [6.45, 7) is 0.311. The van der Waals surface area contributed by atoms with E-state index in [9.17, 15) is 18.0 Å². The Morgan fingerprint density at radius 3 is 2.48 bits per heavy atom. The van der Waals surface area contributed by atoms with Crippen molar-refractivity contribution in [2.24, 2.45) is 0 Å². The van der Waals surface area contributed by atoms with Crippen molar-refractivity contribution in [3.05, 3.63) is 52.7 Å². The number of H-pyrrole nitrogens is 1. The zero-order chi connectivity index (χ0) is 17.9. The molecular formula is C19H18F3NO2. The third-order valence-corrected chi connectivity index (χ3v) is 4.06. The summed E-state index contributed by atoms with van der Waals surface area (Å²) in [5.41, 5.74) is 1.27. The number of nitrogens with one attached hydrogen (secondary N) is 1. The second-order valence-electron chi connectivity index (χ2n) is 5.95. The summed E-state index contributed by atoms with van der Waals surface area (Å²) < 4.78 is 42.0. The summed E-state index contributed by atoms with van der Waals surface area (Å²) >= 11 is 0. The van der Waals surface area contributed by atoms with Crippen LogP contribution in [0.4, 0.5) is 13.2 Å². The highest BCUT2D eigenvalue weighted by atomic mass is 19.4. The second-order valence-corrected chi connectivity index (χ2v) is 5.95. The fraction of sp³-hybridized carbons (Fsp3) is 0.316. The standard InChI is InChI=1S/C19H18F3NO2/c20-19(21,22)11-4-1-5-12-25-16-10-6-8-14-17(16)23-15-9-3-2-7-13(15)18(14)24/h2-3,6-10H,1,4-5,11-12H2,(H,23,24). The summed E-state index contributed by atoms with van der Waals surface area (Å²) in [5.74, 6) is 0.538. The van der Waals surface area contributed by atoms with E-state index in [-0.39, 0.29) is 11.8 Å². The molecule has 0 spiro atoms. The molecule has 0 unspecified atom stereocenters. The van der Waals surface area contributed by atoms with Gasteiger partial charge < -0.3 is 9.72 Å². The summed E-state index contributed by atoms with van der Waals surface area (Å²) in [7, 11) is 0. The molecule has 0 radical (unpaired) electrons. The molecule has 3 rings (SSSR count). The number of rotatable bonds is 6. The van der Waals surface area contributed by atoms with E-state index in [1.165, 1.54) is 0 Å². The van der Waals surface area contributed by atoms with Crippen molar-refractivity contribution >= 4 is 21.8 Å². The van der Waals surface area contributed by atoms with Crippen LogP contribution in [0.3, 0.4) is 0 Å². The lowest BCUT2D eigenvalue weighted by Crippen LogP contribution is -2.07. The number of hydrogen-bond donors (Lipinski definition) is 1. The van der Waals surface area contributed by atoms with Gasteiger partial charge in [0.1, 0.15) is 5.75 Å². The smallest absolute Gasteiger partial charge is 0.389 e. The normalized spacial score (nSPS) is 12.0. The number of hydrogen-bond acceptors (Lipinski definition) is 2. The van der Waals surface area contributed by atoms with Gasteiger partial charge in [0.25, 0.3) is 0 Å². The zero-order valence-electron chi connectivity index (χ0n) is 13.5. The Morgan fingerprint density at radius 2 is 1.68 bits per heavy atom. The van der Waals surface area contributed by atoms with Crippen LogP contribution in [0.1, 0.15) is 25.7 Å². The molecule has 0 aliphatic heterocycles. The lowest BCUT2D eigenvalue weighted by atomic mass is 10.1. The van der Waals surface area contributed by atoms with E-state index in [4.69, 9.17) is 4.74 Å². The second kappa shape index (κ2) is 7.17.